The number of rotatable bonds is 3. The number of aliphatic hydroxyl groups excluding tert-OH is 1. The molecule has 0 radical (unpaired) electrons. The number of fused-ring (bicyclic) bond motifs is 1. The van der Waals surface area contributed by atoms with E-state index in [1.54, 1.807) is 6.26 Å². The first-order valence-corrected chi connectivity index (χ1v) is 5.12. The Morgan fingerprint density at radius 1 is 1.43 bits per heavy atom. The van der Waals surface area contributed by atoms with Gasteiger partial charge in [0.1, 0.15) is 5.58 Å². The van der Waals surface area contributed by atoms with Crippen LogP contribution in [0.25, 0.3) is 11.0 Å². The lowest BCUT2D eigenvalue weighted by molar-refractivity contribution is 0.311. The normalized spacial score (nSPS) is 10.7. The van der Waals surface area contributed by atoms with Crippen LogP contribution in [-0.2, 0) is 0 Å². The van der Waals surface area contributed by atoms with Crippen molar-refractivity contribution in [2.45, 2.75) is 0 Å². The van der Waals surface area contributed by atoms with Crippen LogP contribution in [0.4, 0.5) is 5.69 Å². The van der Waals surface area contributed by atoms with Crippen molar-refractivity contribution in [2.75, 3.05) is 18.5 Å². The average molecular weight is 256 g/mol. The molecule has 0 aliphatic carbocycles. The molecule has 0 amide bonds. The molecule has 0 spiro atoms. The van der Waals surface area contributed by atoms with E-state index in [2.05, 4.69) is 21.2 Å². The van der Waals surface area contributed by atoms with Gasteiger partial charge in [0.15, 0.2) is 0 Å². The highest BCUT2D eigenvalue weighted by Crippen LogP contribution is 2.28. The van der Waals surface area contributed by atoms with Gasteiger partial charge in [0.2, 0.25) is 0 Å². The molecule has 2 aromatic rings. The summed E-state index contributed by atoms with van der Waals surface area (Å²) >= 11 is 3.42. The fourth-order valence-corrected chi connectivity index (χ4v) is 1.91. The Hall–Kier alpha value is -1.00. The minimum Gasteiger partial charge on any atom is -0.463 e. The highest BCUT2D eigenvalue weighted by Gasteiger charge is 2.03. The minimum absolute atomic E-state index is 0.126. The van der Waals surface area contributed by atoms with Crippen molar-refractivity contribution in [1.82, 2.24) is 0 Å². The summed E-state index contributed by atoms with van der Waals surface area (Å²) in [5, 5.41) is 12.8. The third kappa shape index (κ3) is 1.76. The van der Waals surface area contributed by atoms with Gasteiger partial charge in [0, 0.05) is 17.6 Å². The van der Waals surface area contributed by atoms with Crippen LogP contribution in [-0.4, -0.2) is 18.3 Å². The maximum Gasteiger partial charge on any atom is 0.148 e. The van der Waals surface area contributed by atoms with Crippen LogP contribution in [0, 0.1) is 0 Å². The van der Waals surface area contributed by atoms with Gasteiger partial charge in [0.25, 0.3) is 0 Å². The fraction of sp³-hybridized carbons (Fsp3) is 0.200. The third-order valence-corrected chi connectivity index (χ3v) is 2.54. The van der Waals surface area contributed by atoms with Crippen LogP contribution in [0.15, 0.2) is 33.4 Å². The molecule has 0 unspecified atom stereocenters. The molecule has 4 heteroatoms. The van der Waals surface area contributed by atoms with Crippen molar-refractivity contribution in [3.63, 3.8) is 0 Å². The van der Waals surface area contributed by atoms with Gasteiger partial charge in [-0.25, -0.2) is 0 Å². The van der Waals surface area contributed by atoms with Crippen LogP contribution >= 0.6 is 15.9 Å². The topological polar surface area (TPSA) is 45.4 Å². The molecule has 74 valence electrons. The van der Waals surface area contributed by atoms with E-state index >= 15 is 0 Å². The Morgan fingerprint density at radius 3 is 3.07 bits per heavy atom. The maximum absolute atomic E-state index is 8.68. The molecule has 0 saturated carbocycles. The largest absolute Gasteiger partial charge is 0.463 e. The molecule has 1 aromatic heterocycles. The predicted octanol–water partition coefficient (Wildman–Crippen LogP) is 2.60. The first-order chi connectivity index (χ1) is 6.81. The summed E-state index contributed by atoms with van der Waals surface area (Å²) in [6.45, 7) is 0.677. The Balaban J connectivity index is 2.38. The van der Waals surface area contributed by atoms with Gasteiger partial charge in [-0.1, -0.05) is 0 Å². The summed E-state index contributed by atoms with van der Waals surface area (Å²) in [5.74, 6) is 0. The van der Waals surface area contributed by atoms with Gasteiger partial charge in [-0.2, -0.15) is 0 Å². The van der Waals surface area contributed by atoms with Crippen molar-refractivity contribution >= 4 is 32.6 Å². The molecule has 0 atom stereocenters. The van der Waals surface area contributed by atoms with Gasteiger partial charge in [-0.3, -0.25) is 0 Å². The second kappa shape index (κ2) is 4.02. The number of hydrogen-bond acceptors (Lipinski definition) is 3. The Labute approximate surface area is 89.8 Å². The molecule has 1 aromatic carbocycles. The van der Waals surface area contributed by atoms with E-state index in [1.165, 1.54) is 0 Å². The summed E-state index contributed by atoms with van der Waals surface area (Å²) in [6, 6.07) is 5.82. The Bertz CT molecular complexity index is 439. The summed E-state index contributed by atoms with van der Waals surface area (Å²) in [6.07, 6.45) is 1.66. The first kappa shape index (κ1) is 9.55. The highest BCUT2D eigenvalue weighted by atomic mass is 79.9. The minimum atomic E-state index is 0.126. The molecule has 1 heterocycles. The van der Waals surface area contributed by atoms with Crippen LogP contribution in [0.1, 0.15) is 0 Å². The van der Waals surface area contributed by atoms with E-state index in [9.17, 15) is 0 Å². The van der Waals surface area contributed by atoms with Gasteiger partial charge in [0.05, 0.1) is 17.3 Å². The molecule has 0 fully saturated rings. The molecule has 3 nitrogen and oxygen atoms in total. The van der Waals surface area contributed by atoms with Crippen molar-refractivity contribution in [2.24, 2.45) is 0 Å². The molecule has 14 heavy (non-hydrogen) atoms. The number of aliphatic hydroxyl groups is 1. The number of furan rings is 1. The monoisotopic (exact) mass is 255 g/mol. The zero-order valence-electron chi connectivity index (χ0n) is 7.46. The highest BCUT2D eigenvalue weighted by molar-refractivity contribution is 9.10. The van der Waals surface area contributed by atoms with Gasteiger partial charge < -0.3 is 14.8 Å². The lowest BCUT2D eigenvalue weighted by Crippen LogP contribution is -2.04. The number of anilines is 1. The predicted molar refractivity (Wildman–Crippen MR) is 59.5 cm³/mol. The van der Waals surface area contributed by atoms with Crippen LogP contribution in [0.5, 0.6) is 0 Å². The van der Waals surface area contributed by atoms with Crippen LogP contribution in [0.3, 0.4) is 0 Å². The second-order valence-electron chi connectivity index (χ2n) is 2.95. The number of hydrogen-bond donors (Lipinski definition) is 2. The molecular weight excluding hydrogens is 246 g/mol. The van der Waals surface area contributed by atoms with E-state index in [4.69, 9.17) is 9.52 Å². The second-order valence-corrected chi connectivity index (χ2v) is 3.80. The van der Waals surface area contributed by atoms with Crippen LogP contribution in [0.2, 0.25) is 0 Å². The molecule has 0 bridgehead atoms. The standard InChI is InChI=1S/C10H10BrNO2/c11-9-6-8(12-2-3-13)5-7-1-4-14-10(7)9/h1,4-6,12-13H,2-3H2. The van der Waals surface area contributed by atoms with Gasteiger partial charge in [-0.15, -0.1) is 0 Å². The molecule has 2 rings (SSSR count). The lowest BCUT2D eigenvalue weighted by atomic mass is 10.2. The first-order valence-electron chi connectivity index (χ1n) is 4.33. The summed E-state index contributed by atoms with van der Waals surface area (Å²) in [7, 11) is 0. The van der Waals surface area contributed by atoms with E-state index < -0.39 is 0 Å². The zero-order valence-corrected chi connectivity index (χ0v) is 9.04. The SMILES string of the molecule is OCCNc1cc(Br)c2occc2c1. The smallest absolute Gasteiger partial charge is 0.148 e. The van der Waals surface area contributed by atoms with E-state index in [-0.39, 0.29) is 6.61 Å². The molecule has 2 N–H and O–H groups in total. The molecule has 0 saturated heterocycles. The molecule has 0 aliphatic rings. The van der Waals surface area contributed by atoms with Gasteiger partial charge >= 0.3 is 0 Å². The summed E-state index contributed by atoms with van der Waals surface area (Å²) in [4.78, 5) is 0. The summed E-state index contributed by atoms with van der Waals surface area (Å²) in [5.41, 5.74) is 1.82. The molecular formula is C10H10BrNO2. The van der Waals surface area contributed by atoms with Gasteiger partial charge in [-0.05, 0) is 34.1 Å². The number of halogens is 1. The van der Waals surface area contributed by atoms with Crippen molar-refractivity contribution < 1.29 is 9.52 Å². The van der Waals surface area contributed by atoms with Crippen LogP contribution < -0.4 is 5.32 Å². The zero-order chi connectivity index (χ0) is 9.97. The summed E-state index contributed by atoms with van der Waals surface area (Å²) < 4.78 is 6.20. The maximum atomic E-state index is 8.68. The van der Waals surface area contributed by atoms with Crippen molar-refractivity contribution in [3.05, 3.63) is 28.9 Å². The van der Waals surface area contributed by atoms with E-state index in [0.29, 0.717) is 6.54 Å². The lowest BCUT2D eigenvalue weighted by Gasteiger charge is -2.04. The third-order valence-electron chi connectivity index (χ3n) is 1.95. The molecule has 0 aliphatic heterocycles. The fourth-order valence-electron chi connectivity index (χ4n) is 1.34. The quantitative estimate of drug-likeness (QED) is 0.887. The van der Waals surface area contributed by atoms with E-state index in [0.717, 1.165) is 21.1 Å². The average Bonchev–Trinajstić information content (AvgIpc) is 2.63. The van der Waals surface area contributed by atoms with Crippen molar-refractivity contribution in [1.29, 1.82) is 0 Å². The Kier molecular flexibility index (Phi) is 2.74. The Morgan fingerprint density at radius 2 is 2.29 bits per heavy atom. The van der Waals surface area contributed by atoms with E-state index in [1.807, 2.05) is 18.2 Å². The number of nitrogens with one attached hydrogen (secondary N) is 1. The number of benzene rings is 1. The van der Waals surface area contributed by atoms with Crippen molar-refractivity contribution in [3.8, 4) is 0 Å².